The zero-order valence-electron chi connectivity index (χ0n) is 17.0. The Balaban J connectivity index is 1.39. The van der Waals surface area contributed by atoms with Crippen molar-refractivity contribution in [1.82, 2.24) is 14.4 Å². The number of nitrogens with zero attached hydrogens (tertiary/aromatic N) is 3. The van der Waals surface area contributed by atoms with E-state index in [-0.39, 0.29) is 35.8 Å². The highest BCUT2D eigenvalue weighted by Crippen LogP contribution is 2.31. The summed E-state index contributed by atoms with van der Waals surface area (Å²) in [5.41, 5.74) is 0.456. The van der Waals surface area contributed by atoms with Crippen LogP contribution in [0.2, 0.25) is 0 Å². The number of carbonyl (C=O) groups excluding carboxylic acids is 1. The van der Waals surface area contributed by atoms with Crippen molar-refractivity contribution in [3.63, 3.8) is 0 Å². The minimum atomic E-state index is -3.74. The molecule has 0 atom stereocenters. The summed E-state index contributed by atoms with van der Waals surface area (Å²) in [5, 5.41) is 7.97. The number of sulfonamides is 1. The maximum Gasteiger partial charge on any atom is 0.252 e. The highest BCUT2D eigenvalue weighted by atomic mass is 32.2. The van der Waals surface area contributed by atoms with Gasteiger partial charge in [0.25, 0.3) is 10.0 Å². The van der Waals surface area contributed by atoms with Crippen molar-refractivity contribution < 1.29 is 26.5 Å². The van der Waals surface area contributed by atoms with E-state index in [0.717, 1.165) is 23.5 Å². The van der Waals surface area contributed by atoms with Gasteiger partial charge in [0, 0.05) is 42.4 Å². The molecule has 170 valence electrons. The molecule has 1 saturated heterocycles. The molecule has 0 bridgehead atoms. The number of anilines is 1. The molecule has 1 aromatic carbocycles. The molecule has 12 heteroatoms. The number of aromatic nitrogens is 2. The number of thiophene rings is 1. The fraction of sp³-hybridized carbons (Fsp3) is 0.350. The number of benzene rings is 1. The van der Waals surface area contributed by atoms with Gasteiger partial charge in [-0.3, -0.25) is 4.79 Å². The topological polar surface area (TPSA) is 105 Å². The van der Waals surface area contributed by atoms with Gasteiger partial charge < -0.3 is 9.84 Å². The van der Waals surface area contributed by atoms with Crippen LogP contribution in [0.25, 0.3) is 11.4 Å². The van der Waals surface area contributed by atoms with Crippen LogP contribution >= 0.6 is 11.3 Å². The van der Waals surface area contributed by atoms with Gasteiger partial charge in [-0.2, -0.15) is 9.29 Å². The van der Waals surface area contributed by atoms with E-state index < -0.39 is 33.5 Å². The van der Waals surface area contributed by atoms with Gasteiger partial charge in [0.1, 0.15) is 15.8 Å². The van der Waals surface area contributed by atoms with E-state index in [1.165, 1.54) is 10.4 Å². The average Bonchev–Trinajstić information content (AvgIpc) is 3.45. The third kappa shape index (κ3) is 4.57. The summed E-state index contributed by atoms with van der Waals surface area (Å²) < 4.78 is 59.4. The molecule has 1 aliphatic rings. The first-order chi connectivity index (χ1) is 15.3. The quantitative estimate of drug-likeness (QED) is 0.575. The maximum absolute atomic E-state index is 13.8. The van der Waals surface area contributed by atoms with E-state index in [9.17, 15) is 22.0 Å². The third-order valence-corrected chi connectivity index (χ3v) is 8.53. The highest BCUT2D eigenvalue weighted by Gasteiger charge is 2.33. The Morgan fingerprint density at radius 3 is 2.69 bits per heavy atom. The molecule has 1 amide bonds. The molecule has 0 spiro atoms. The molecule has 3 heterocycles. The second-order valence-electron chi connectivity index (χ2n) is 7.31. The standard InChI is InChI=1S/C20H20F2N4O4S2/c1-2-17-24-19(25-30-17)13-9-18(31-11-13)32(28,29)26-7-5-12(6-8-26)20(27)23-16-4-3-14(21)10-15(16)22/h3-4,9-12H,2,5-8H2,1H3,(H,23,27). The number of hydrogen-bond donors (Lipinski definition) is 1. The van der Waals surface area contributed by atoms with E-state index in [0.29, 0.717) is 29.8 Å². The molecule has 2 aromatic heterocycles. The minimum Gasteiger partial charge on any atom is -0.339 e. The van der Waals surface area contributed by atoms with Crippen molar-refractivity contribution in [3.05, 3.63) is 47.2 Å². The molecule has 4 rings (SSSR count). The van der Waals surface area contributed by atoms with Crippen LogP contribution in [0.5, 0.6) is 0 Å². The summed E-state index contributed by atoms with van der Waals surface area (Å²) in [6, 6.07) is 4.42. The summed E-state index contributed by atoms with van der Waals surface area (Å²) in [6.07, 6.45) is 1.16. The second-order valence-corrected chi connectivity index (χ2v) is 10.4. The molecule has 0 radical (unpaired) electrons. The van der Waals surface area contributed by atoms with Gasteiger partial charge in [-0.25, -0.2) is 17.2 Å². The van der Waals surface area contributed by atoms with Crippen molar-refractivity contribution in [3.8, 4) is 11.4 Å². The fourth-order valence-electron chi connectivity index (χ4n) is 3.40. The number of carbonyl (C=O) groups is 1. The van der Waals surface area contributed by atoms with Gasteiger partial charge in [0.15, 0.2) is 0 Å². The normalized spacial score (nSPS) is 15.7. The third-order valence-electron chi connectivity index (χ3n) is 5.21. The van der Waals surface area contributed by atoms with Gasteiger partial charge in [-0.15, -0.1) is 11.3 Å². The SMILES string of the molecule is CCc1nc(-c2csc(S(=O)(=O)N3CCC(C(=O)Nc4ccc(F)cc4F)CC3)c2)no1. The van der Waals surface area contributed by atoms with Crippen LogP contribution in [0.1, 0.15) is 25.7 Å². The molecule has 0 unspecified atom stereocenters. The molecule has 32 heavy (non-hydrogen) atoms. The summed E-state index contributed by atoms with van der Waals surface area (Å²) >= 11 is 1.07. The Labute approximate surface area is 187 Å². The molecule has 1 fully saturated rings. The number of halogens is 2. The molecule has 0 saturated carbocycles. The second kappa shape index (κ2) is 9.04. The molecule has 0 aliphatic carbocycles. The number of piperidine rings is 1. The number of hydrogen-bond acceptors (Lipinski definition) is 7. The number of aryl methyl sites for hydroxylation is 1. The minimum absolute atomic E-state index is 0.106. The van der Waals surface area contributed by atoms with Crippen molar-refractivity contribution >= 4 is 33.0 Å². The molecular weight excluding hydrogens is 462 g/mol. The van der Waals surface area contributed by atoms with Gasteiger partial charge in [0.05, 0.1) is 5.69 Å². The van der Waals surface area contributed by atoms with E-state index >= 15 is 0 Å². The Bertz CT molecular complexity index is 1230. The summed E-state index contributed by atoms with van der Waals surface area (Å²) in [7, 11) is -3.74. The average molecular weight is 483 g/mol. The van der Waals surface area contributed by atoms with Gasteiger partial charge in [-0.05, 0) is 31.0 Å². The lowest BCUT2D eigenvalue weighted by atomic mass is 9.97. The van der Waals surface area contributed by atoms with Crippen LogP contribution in [0.4, 0.5) is 14.5 Å². The first-order valence-electron chi connectivity index (χ1n) is 9.95. The van der Waals surface area contributed by atoms with Gasteiger partial charge >= 0.3 is 0 Å². The molecule has 3 aromatic rings. The monoisotopic (exact) mass is 482 g/mol. The number of nitrogens with one attached hydrogen (secondary N) is 1. The van der Waals surface area contributed by atoms with Crippen LogP contribution < -0.4 is 5.32 Å². The van der Waals surface area contributed by atoms with E-state index in [1.54, 1.807) is 5.38 Å². The zero-order chi connectivity index (χ0) is 22.9. The summed E-state index contributed by atoms with van der Waals surface area (Å²) in [5.74, 6) is -1.69. The largest absolute Gasteiger partial charge is 0.339 e. The van der Waals surface area contributed by atoms with E-state index in [4.69, 9.17) is 4.52 Å². The van der Waals surface area contributed by atoms with Crippen molar-refractivity contribution in [1.29, 1.82) is 0 Å². The first-order valence-corrected chi connectivity index (χ1v) is 12.3. The molecule has 1 N–H and O–H groups in total. The Kier molecular flexibility index (Phi) is 6.35. The molecule has 1 aliphatic heterocycles. The van der Waals surface area contributed by atoms with Crippen molar-refractivity contribution in [2.45, 2.75) is 30.4 Å². The predicted octanol–water partition coefficient (Wildman–Crippen LogP) is 3.68. The number of amides is 1. The Hall–Kier alpha value is -2.70. The summed E-state index contributed by atoms with van der Waals surface area (Å²) in [4.78, 5) is 16.7. The Morgan fingerprint density at radius 1 is 1.28 bits per heavy atom. The van der Waals surface area contributed by atoms with Crippen LogP contribution in [0, 0.1) is 17.6 Å². The number of rotatable bonds is 6. The predicted molar refractivity (Wildman–Crippen MR) is 113 cm³/mol. The lowest BCUT2D eigenvalue weighted by Gasteiger charge is -2.30. The van der Waals surface area contributed by atoms with Crippen molar-refractivity contribution in [2.75, 3.05) is 18.4 Å². The van der Waals surface area contributed by atoms with Gasteiger partial charge in [-0.1, -0.05) is 12.1 Å². The van der Waals surface area contributed by atoms with E-state index in [2.05, 4.69) is 15.5 Å². The summed E-state index contributed by atoms with van der Waals surface area (Å²) in [6.45, 7) is 2.18. The fourth-order valence-corrected chi connectivity index (χ4v) is 6.18. The van der Waals surface area contributed by atoms with E-state index in [1.807, 2.05) is 6.92 Å². The van der Waals surface area contributed by atoms with Crippen LogP contribution in [-0.4, -0.2) is 41.9 Å². The molecular formula is C20H20F2N4O4S2. The van der Waals surface area contributed by atoms with Crippen LogP contribution in [-0.2, 0) is 21.2 Å². The highest BCUT2D eigenvalue weighted by molar-refractivity contribution is 7.91. The molecule has 8 nitrogen and oxygen atoms in total. The maximum atomic E-state index is 13.8. The van der Waals surface area contributed by atoms with Crippen LogP contribution in [0.3, 0.4) is 0 Å². The lowest BCUT2D eigenvalue weighted by Crippen LogP contribution is -2.41. The van der Waals surface area contributed by atoms with Crippen molar-refractivity contribution in [2.24, 2.45) is 5.92 Å². The zero-order valence-corrected chi connectivity index (χ0v) is 18.7. The van der Waals surface area contributed by atoms with Gasteiger partial charge in [0.2, 0.25) is 17.6 Å². The first kappa shape index (κ1) is 22.5. The smallest absolute Gasteiger partial charge is 0.252 e. The van der Waals surface area contributed by atoms with Crippen LogP contribution in [0.15, 0.2) is 38.4 Å². The lowest BCUT2D eigenvalue weighted by molar-refractivity contribution is -0.120. The Morgan fingerprint density at radius 2 is 2.03 bits per heavy atom.